The maximum absolute atomic E-state index is 14.0. The Kier molecular flexibility index (Phi) is 4.27. The van der Waals surface area contributed by atoms with Crippen LogP contribution in [0, 0.1) is 17.6 Å². The number of hydrogen-bond donors (Lipinski definition) is 1. The van der Waals surface area contributed by atoms with E-state index in [0.717, 1.165) is 23.0 Å². The second-order valence-electron chi connectivity index (χ2n) is 6.38. The van der Waals surface area contributed by atoms with E-state index in [1.807, 2.05) is 30.3 Å². The SMILES string of the molecule is O=C(Nc1ccc2ccccc2n1)C1CC(=O)N(c2ccc(F)cc2F)C1. The van der Waals surface area contributed by atoms with E-state index in [2.05, 4.69) is 10.3 Å². The Morgan fingerprint density at radius 2 is 1.93 bits per heavy atom. The molecule has 27 heavy (non-hydrogen) atoms. The van der Waals surface area contributed by atoms with Crippen LogP contribution in [0.3, 0.4) is 0 Å². The van der Waals surface area contributed by atoms with Gasteiger partial charge in [-0.15, -0.1) is 0 Å². The third-order valence-electron chi connectivity index (χ3n) is 4.55. The minimum absolute atomic E-state index is 0.0273. The van der Waals surface area contributed by atoms with Crippen LogP contribution in [0.15, 0.2) is 54.6 Å². The number of fused-ring (bicyclic) bond motifs is 1. The van der Waals surface area contributed by atoms with E-state index in [4.69, 9.17) is 0 Å². The second-order valence-corrected chi connectivity index (χ2v) is 6.38. The normalized spacial score (nSPS) is 16.7. The molecule has 1 atom stereocenters. The predicted molar refractivity (Wildman–Crippen MR) is 97.2 cm³/mol. The number of nitrogens with one attached hydrogen (secondary N) is 1. The van der Waals surface area contributed by atoms with Crippen molar-refractivity contribution < 1.29 is 18.4 Å². The summed E-state index contributed by atoms with van der Waals surface area (Å²) < 4.78 is 27.0. The number of nitrogens with zero attached hydrogens (tertiary/aromatic N) is 2. The Balaban J connectivity index is 1.50. The van der Waals surface area contributed by atoms with Crippen molar-refractivity contribution in [2.45, 2.75) is 6.42 Å². The van der Waals surface area contributed by atoms with Gasteiger partial charge in [0.1, 0.15) is 17.5 Å². The van der Waals surface area contributed by atoms with Gasteiger partial charge in [-0.3, -0.25) is 9.59 Å². The first-order chi connectivity index (χ1) is 13.0. The van der Waals surface area contributed by atoms with Crippen LogP contribution in [0.2, 0.25) is 0 Å². The lowest BCUT2D eigenvalue weighted by molar-refractivity contribution is -0.122. The topological polar surface area (TPSA) is 62.3 Å². The van der Waals surface area contributed by atoms with Crippen molar-refractivity contribution in [1.82, 2.24) is 4.98 Å². The molecule has 0 aliphatic carbocycles. The van der Waals surface area contributed by atoms with Gasteiger partial charge in [0.05, 0.1) is 17.1 Å². The molecule has 1 saturated heterocycles. The molecule has 1 aliphatic heterocycles. The van der Waals surface area contributed by atoms with E-state index in [1.54, 1.807) is 6.07 Å². The highest BCUT2D eigenvalue weighted by Gasteiger charge is 2.36. The highest BCUT2D eigenvalue weighted by atomic mass is 19.1. The van der Waals surface area contributed by atoms with Gasteiger partial charge in [0.2, 0.25) is 11.8 Å². The molecular weight excluding hydrogens is 352 g/mol. The van der Waals surface area contributed by atoms with Gasteiger partial charge in [0.25, 0.3) is 0 Å². The Morgan fingerprint density at radius 3 is 2.74 bits per heavy atom. The third-order valence-corrected chi connectivity index (χ3v) is 4.55. The van der Waals surface area contributed by atoms with Crippen molar-refractivity contribution in [3.8, 4) is 0 Å². The van der Waals surface area contributed by atoms with Gasteiger partial charge in [-0.2, -0.15) is 0 Å². The summed E-state index contributed by atoms with van der Waals surface area (Å²) in [5.41, 5.74) is 0.716. The molecule has 0 bridgehead atoms. The minimum Gasteiger partial charge on any atom is -0.310 e. The zero-order chi connectivity index (χ0) is 19.0. The number of hydrogen-bond acceptors (Lipinski definition) is 3. The van der Waals surface area contributed by atoms with Gasteiger partial charge in [-0.05, 0) is 30.3 Å². The number of pyridine rings is 1. The van der Waals surface area contributed by atoms with E-state index < -0.39 is 17.6 Å². The second kappa shape index (κ2) is 6.75. The molecule has 4 rings (SSSR count). The molecule has 2 amide bonds. The van der Waals surface area contributed by atoms with E-state index in [9.17, 15) is 18.4 Å². The largest absolute Gasteiger partial charge is 0.310 e. The van der Waals surface area contributed by atoms with E-state index in [1.165, 1.54) is 11.0 Å². The van der Waals surface area contributed by atoms with Gasteiger partial charge in [0.15, 0.2) is 0 Å². The molecule has 1 N–H and O–H groups in total. The van der Waals surface area contributed by atoms with E-state index in [-0.39, 0.29) is 30.5 Å². The number of amides is 2. The van der Waals surface area contributed by atoms with Crippen molar-refractivity contribution in [1.29, 1.82) is 0 Å². The maximum atomic E-state index is 14.0. The van der Waals surface area contributed by atoms with Crippen LogP contribution in [0.25, 0.3) is 10.9 Å². The first-order valence-electron chi connectivity index (χ1n) is 8.43. The minimum atomic E-state index is -0.833. The molecule has 0 radical (unpaired) electrons. The van der Waals surface area contributed by atoms with Crippen molar-refractivity contribution in [3.63, 3.8) is 0 Å². The number of para-hydroxylation sites is 1. The standard InChI is InChI=1S/C20H15F2N3O2/c21-14-6-7-17(15(22)10-14)25-11-13(9-19(25)26)20(27)24-18-8-5-12-3-1-2-4-16(12)23-18/h1-8,10,13H,9,11H2,(H,23,24,27). The fourth-order valence-electron chi connectivity index (χ4n) is 3.18. The third kappa shape index (κ3) is 3.36. The van der Waals surface area contributed by atoms with Crippen LogP contribution in [-0.2, 0) is 9.59 Å². The van der Waals surface area contributed by atoms with Crippen LogP contribution in [-0.4, -0.2) is 23.3 Å². The van der Waals surface area contributed by atoms with Crippen LogP contribution in [0.4, 0.5) is 20.3 Å². The summed E-state index contributed by atoms with van der Waals surface area (Å²) in [5, 5.41) is 3.66. The average Bonchev–Trinajstić information content (AvgIpc) is 3.03. The maximum Gasteiger partial charge on any atom is 0.230 e. The lowest BCUT2D eigenvalue weighted by Gasteiger charge is -2.17. The predicted octanol–water partition coefficient (Wildman–Crippen LogP) is 3.50. The lowest BCUT2D eigenvalue weighted by Crippen LogP contribution is -2.29. The molecule has 1 aliphatic rings. The number of aromatic nitrogens is 1. The molecule has 7 heteroatoms. The molecule has 2 aromatic carbocycles. The summed E-state index contributed by atoms with van der Waals surface area (Å²) >= 11 is 0. The zero-order valence-electron chi connectivity index (χ0n) is 14.2. The number of halogens is 2. The number of anilines is 2. The molecule has 5 nitrogen and oxygen atoms in total. The van der Waals surface area contributed by atoms with Crippen molar-refractivity contribution >= 4 is 34.2 Å². The molecule has 0 saturated carbocycles. The first-order valence-corrected chi connectivity index (χ1v) is 8.43. The fourth-order valence-corrected chi connectivity index (χ4v) is 3.18. The number of carbonyl (C=O) groups excluding carboxylic acids is 2. The summed E-state index contributed by atoms with van der Waals surface area (Å²) in [5.74, 6) is -2.56. The van der Waals surface area contributed by atoms with Crippen LogP contribution < -0.4 is 10.2 Å². The highest BCUT2D eigenvalue weighted by molar-refractivity contribution is 6.03. The molecule has 136 valence electrons. The average molecular weight is 367 g/mol. The van der Waals surface area contributed by atoms with Crippen LogP contribution in [0.5, 0.6) is 0 Å². The summed E-state index contributed by atoms with van der Waals surface area (Å²) in [6.45, 7) is 0.0286. The molecule has 1 aromatic heterocycles. The Labute approximate surface area is 153 Å². The number of benzene rings is 2. The quantitative estimate of drug-likeness (QED) is 0.771. The Morgan fingerprint density at radius 1 is 1.11 bits per heavy atom. The molecule has 1 unspecified atom stereocenters. The summed E-state index contributed by atoms with van der Waals surface area (Å²) in [6, 6.07) is 14.0. The molecule has 0 spiro atoms. The monoisotopic (exact) mass is 367 g/mol. The smallest absolute Gasteiger partial charge is 0.230 e. The van der Waals surface area contributed by atoms with Gasteiger partial charge >= 0.3 is 0 Å². The zero-order valence-corrected chi connectivity index (χ0v) is 14.2. The van der Waals surface area contributed by atoms with Crippen molar-refractivity contribution in [2.24, 2.45) is 5.92 Å². The van der Waals surface area contributed by atoms with Gasteiger partial charge in [-0.25, -0.2) is 13.8 Å². The number of carbonyl (C=O) groups is 2. The van der Waals surface area contributed by atoms with Gasteiger partial charge < -0.3 is 10.2 Å². The molecular formula is C20H15F2N3O2. The fraction of sp³-hybridized carbons (Fsp3) is 0.150. The molecule has 3 aromatic rings. The van der Waals surface area contributed by atoms with Crippen LogP contribution in [0.1, 0.15) is 6.42 Å². The van der Waals surface area contributed by atoms with E-state index >= 15 is 0 Å². The van der Waals surface area contributed by atoms with Gasteiger partial charge in [-0.1, -0.05) is 18.2 Å². The van der Waals surface area contributed by atoms with Crippen molar-refractivity contribution in [3.05, 3.63) is 66.2 Å². The molecule has 2 heterocycles. The van der Waals surface area contributed by atoms with E-state index in [0.29, 0.717) is 5.82 Å². The highest BCUT2D eigenvalue weighted by Crippen LogP contribution is 2.28. The van der Waals surface area contributed by atoms with Crippen LogP contribution >= 0.6 is 0 Å². The first kappa shape index (κ1) is 17.1. The molecule has 1 fully saturated rings. The Bertz CT molecular complexity index is 1050. The summed E-state index contributed by atoms with van der Waals surface area (Å²) in [4.78, 5) is 30.3. The van der Waals surface area contributed by atoms with Crippen molar-refractivity contribution in [2.75, 3.05) is 16.8 Å². The lowest BCUT2D eigenvalue weighted by atomic mass is 10.1. The van der Waals surface area contributed by atoms with Gasteiger partial charge in [0, 0.05) is 24.4 Å². The Hall–Kier alpha value is -3.35. The summed E-state index contributed by atoms with van der Waals surface area (Å²) in [7, 11) is 0. The summed E-state index contributed by atoms with van der Waals surface area (Å²) in [6.07, 6.45) is -0.0454. The number of rotatable bonds is 3.